The Morgan fingerprint density at radius 3 is 2.58 bits per heavy atom. The lowest BCUT2D eigenvalue weighted by atomic mass is 9.77. The molecule has 5 nitrogen and oxygen atoms in total. The molecule has 6 heteroatoms. The van der Waals surface area contributed by atoms with Crippen LogP contribution in [0.25, 0.3) is 0 Å². The number of H-pyrrole nitrogens is 1. The van der Waals surface area contributed by atoms with E-state index in [4.69, 9.17) is 21.7 Å². The van der Waals surface area contributed by atoms with E-state index in [0.717, 1.165) is 18.7 Å². The zero-order chi connectivity index (χ0) is 14.0. The van der Waals surface area contributed by atoms with Crippen molar-refractivity contribution in [2.75, 3.05) is 14.2 Å². The maximum absolute atomic E-state index is 11.6. The number of ether oxygens (including phenoxy) is 2. The van der Waals surface area contributed by atoms with Crippen molar-refractivity contribution >= 4 is 18.2 Å². The van der Waals surface area contributed by atoms with Gasteiger partial charge in [0.05, 0.1) is 12.7 Å². The fourth-order valence-corrected chi connectivity index (χ4v) is 2.75. The topological polar surface area (TPSA) is 64.2 Å². The number of methoxy groups -OCH3 is 2. The van der Waals surface area contributed by atoms with Gasteiger partial charge in [-0.15, -0.1) is 0 Å². The highest BCUT2D eigenvalue weighted by Gasteiger charge is 2.38. The number of hydrogen-bond acceptors (Lipinski definition) is 5. The Morgan fingerprint density at radius 1 is 1.47 bits per heavy atom. The highest BCUT2D eigenvalue weighted by atomic mass is 32.1. The minimum Gasteiger partial charge on any atom is -0.465 e. The van der Waals surface area contributed by atoms with Crippen LogP contribution in [-0.2, 0) is 15.9 Å². The molecule has 0 aromatic carbocycles. The normalized spacial score (nSPS) is 16.8. The lowest BCUT2D eigenvalue weighted by Gasteiger charge is -2.40. The second-order valence-electron chi connectivity index (χ2n) is 4.90. The molecule has 0 bridgehead atoms. The van der Waals surface area contributed by atoms with E-state index in [1.54, 1.807) is 14.0 Å². The van der Waals surface area contributed by atoms with Crippen LogP contribution < -0.4 is 0 Å². The molecule has 1 fully saturated rings. The van der Waals surface area contributed by atoms with E-state index in [0.29, 0.717) is 17.7 Å². The molecule has 1 aliphatic rings. The summed E-state index contributed by atoms with van der Waals surface area (Å²) in [6, 6.07) is 0. The number of rotatable bonds is 4. The minimum absolute atomic E-state index is 0.121. The van der Waals surface area contributed by atoms with E-state index in [2.05, 4.69) is 9.97 Å². The van der Waals surface area contributed by atoms with Crippen LogP contribution in [0.4, 0.5) is 0 Å². The Morgan fingerprint density at radius 2 is 2.16 bits per heavy atom. The number of carbonyl (C=O) groups excluding carboxylic acids is 1. The summed E-state index contributed by atoms with van der Waals surface area (Å²) in [7, 11) is 3.06. The summed E-state index contributed by atoms with van der Waals surface area (Å²) in [6.45, 7) is 1.80. The lowest BCUT2D eigenvalue weighted by molar-refractivity contribution is -0.0721. The average Bonchev–Trinajstić information content (AvgIpc) is 2.32. The van der Waals surface area contributed by atoms with Crippen molar-refractivity contribution in [1.29, 1.82) is 0 Å². The van der Waals surface area contributed by atoms with Crippen molar-refractivity contribution in [3.63, 3.8) is 0 Å². The first-order valence-electron chi connectivity index (χ1n) is 6.24. The van der Waals surface area contributed by atoms with E-state index >= 15 is 0 Å². The molecule has 1 aliphatic carbocycles. The molecular weight excluding hydrogens is 264 g/mol. The number of esters is 1. The van der Waals surface area contributed by atoms with Crippen LogP contribution >= 0.6 is 12.2 Å². The first-order chi connectivity index (χ1) is 9.01. The quantitative estimate of drug-likeness (QED) is 0.678. The van der Waals surface area contributed by atoms with E-state index in [1.165, 1.54) is 13.5 Å². The molecule has 0 spiro atoms. The van der Waals surface area contributed by atoms with E-state index in [-0.39, 0.29) is 10.2 Å². The van der Waals surface area contributed by atoms with E-state index < -0.39 is 5.97 Å². The summed E-state index contributed by atoms with van der Waals surface area (Å²) in [5.41, 5.74) is 0.901. The summed E-state index contributed by atoms with van der Waals surface area (Å²) < 4.78 is 10.6. The number of aromatic nitrogens is 2. The molecule has 0 radical (unpaired) electrons. The molecule has 19 heavy (non-hydrogen) atoms. The molecule has 1 aromatic rings. The van der Waals surface area contributed by atoms with Crippen LogP contribution in [0, 0.1) is 11.6 Å². The lowest BCUT2D eigenvalue weighted by Crippen LogP contribution is -2.41. The van der Waals surface area contributed by atoms with Crippen molar-refractivity contribution < 1.29 is 14.3 Å². The molecule has 0 aliphatic heterocycles. The second-order valence-corrected chi connectivity index (χ2v) is 5.28. The molecule has 2 rings (SSSR count). The molecule has 1 heterocycles. The van der Waals surface area contributed by atoms with Gasteiger partial charge in [-0.3, -0.25) is 0 Å². The van der Waals surface area contributed by atoms with Gasteiger partial charge in [0.15, 0.2) is 0 Å². The van der Waals surface area contributed by atoms with Crippen molar-refractivity contribution in [2.45, 2.75) is 38.2 Å². The molecule has 1 N–H and O–H groups in total. The second kappa shape index (κ2) is 5.38. The highest BCUT2D eigenvalue weighted by Crippen LogP contribution is 2.37. The zero-order valence-electron chi connectivity index (χ0n) is 11.4. The fourth-order valence-electron chi connectivity index (χ4n) is 2.40. The van der Waals surface area contributed by atoms with Gasteiger partial charge < -0.3 is 14.5 Å². The predicted octanol–water partition coefficient (Wildman–Crippen LogP) is 2.35. The molecule has 1 aromatic heterocycles. The third-order valence-corrected chi connectivity index (χ3v) is 4.03. The highest BCUT2D eigenvalue weighted by molar-refractivity contribution is 7.71. The standard InChI is InChI=1S/C13H18N2O3S/c1-8-10(12(16)17-2)11(19)15-9(14-8)7-13(18-3)5-4-6-13/h4-7H2,1-3H3,(H,14,15,19). The summed E-state index contributed by atoms with van der Waals surface area (Å²) in [4.78, 5) is 19.0. The first-order valence-corrected chi connectivity index (χ1v) is 6.65. The van der Waals surface area contributed by atoms with Crippen LogP contribution in [0.1, 0.15) is 41.1 Å². The smallest absolute Gasteiger partial charge is 0.342 e. The number of carbonyl (C=O) groups is 1. The first kappa shape index (κ1) is 14.1. The molecular formula is C13H18N2O3S. The van der Waals surface area contributed by atoms with E-state index in [1.807, 2.05) is 0 Å². The molecule has 0 saturated heterocycles. The third kappa shape index (κ3) is 2.69. The maximum atomic E-state index is 11.6. The Hall–Kier alpha value is -1.27. The van der Waals surface area contributed by atoms with Gasteiger partial charge in [0.2, 0.25) is 0 Å². The van der Waals surface area contributed by atoms with Crippen LogP contribution in [0.15, 0.2) is 0 Å². The maximum Gasteiger partial charge on any atom is 0.342 e. The van der Waals surface area contributed by atoms with Gasteiger partial charge >= 0.3 is 5.97 Å². The summed E-state index contributed by atoms with van der Waals surface area (Å²) in [5.74, 6) is 0.305. The molecule has 0 atom stereocenters. The Balaban J connectivity index is 2.30. The van der Waals surface area contributed by atoms with Gasteiger partial charge in [0, 0.05) is 19.2 Å². The van der Waals surface area contributed by atoms with Crippen LogP contribution in [0.2, 0.25) is 0 Å². The molecule has 0 amide bonds. The summed E-state index contributed by atoms with van der Waals surface area (Å²) in [6.07, 6.45) is 3.93. The van der Waals surface area contributed by atoms with Gasteiger partial charge in [0.1, 0.15) is 16.0 Å². The van der Waals surface area contributed by atoms with Crippen molar-refractivity contribution in [3.05, 3.63) is 21.7 Å². The summed E-state index contributed by atoms with van der Waals surface area (Å²) in [5, 5.41) is 0. The monoisotopic (exact) mass is 282 g/mol. The SMILES string of the molecule is COC(=O)c1c(C)[nH]c(CC2(OC)CCC2)nc1=S. The Bertz CT molecular complexity index is 544. The van der Waals surface area contributed by atoms with Gasteiger partial charge in [-0.1, -0.05) is 12.2 Å². The van der Waals surface area contributed by atoms with Crippen LogP contribution in [0.3, 0.4) is 0 Å². The van der Waals surface area contributed by atoms with Gasteiger partial charge in [0.25, 0.3) is 0 Å². The van der Waals surface area contributed by atoms with E-state index in [9.17, 15) is 4.79 Å². The van der Waals surface area contributed by atoms with Gasteiger partial charge in [-0.25, -0.2) is 9.78 Å². The average molecular weight is 282 g/mol. The van der Waals surface area contributed by atoms with Gasteiger partial charge in [-0.2, -0.15) is 0 Å². The van der Waals surface area contributed by atoms with Gasteiger partial charge in [-0.05, 0) is 26.2 Å². The largest absolute Gasteiger partial charge is 0.465 e. The zero-order valence-corrected chi connectivity index (χ0v) is 12.2. The summed E-state index contributed by atoms with van der Waals surface area (Å²) >= 11 is 5.18. The van der Waals surface area contributed by atoms with Crippen LogP contribution in [0.5, 0.6) is 0 Å². The number of nitrogens with zero attached hydrogens (tertiary/aromatic N) is 1. The number of nitrogens with one attached hydrogen (secondary N) is 1. The van der Waals surface area contributed by atoms with Crippen LogP contribution in [-0.4, -0.2) is 35.8 Å². The van der Waals surface area contributed by atoms with Crippen molar-refractivity contribution in [1.82, 2.24) is 9.97 Å². The number of aryl methyl sites for hydroxylation is 1. The Kier molecular flexibility index (Phi) is 4.01. The number of hydrogen-bond donors (Lipinski definition) is 1. The minimum atomic E-state index is -0.456. The third-order valence-electron chi connectivity index (χ3n) is 3.73. The molecule has 0 unspecified atom stereocenters. The predicted molar refractivity (Wildman–Crippen MR) is 72.8 cm³/mol. The number of aromatic amines is 1. The fraction of sp³-hybridized carbons (Fsp3) is 0.615. The molecule has 1 saturated carbocycles. The Labute approximate surface area is 117 Å². The van der Waals surface area contributed by atoms with Crippen molar-refractivity contribution in [3.8, 4) is 0 Å². The van der Waals surface area contributed by atoms with Crippen molar-refractivity contribution in [2.24, 2.45) is 0 Å². The molecule has 104 valence electrons.